The first-order valence-corrected chi connectivity index (χ1v) is 6.93. The van der Waals surface area contributed by atoms with Crippen molar-refractivity contribution in [1.82, 2.24) is 10.2 Å². The fourth-order valence-corrected chi connectivity index (χ4v) is 2.41. The number of morpholine rings is 1. The molecule has 0 amide bonds. The van der Waals surface area contributed by atoms with Crippen molar-refractivity contribution in [1.29, 1.82) is 0 Å². The molecule has 1 unspecified atom stereocenters. The van der Waals surface area contributed by atoms with Crippen LogP contribution in [0.1, 0.15) is 5.56 Å². The summed E-state index contributed by atoms with van der Waals surface area (Å²) in [6.07, 6.45) is 1.41. The third-order valence-corrected chi connectivity index (χ3v) is 3.53. The molecule has 1 saturated heterocycles. The van der Waals surface area contributed by atoms with E-state index in [4.69, 9.17) is 9.47 Å². The summed E-state index contributed by atoms with van der Waals surface area (Å²) in [6, 6.07) is 8.34. The van der Waals surface area contributed by atoms with Gasteiger partial charge in [0.05, 0.1) is 19.8 Å². The van der Waals surface area contributed by atoms with E-state index in [-0.39, 0.29) is 0 Å². The highest BCUT2D eigenvalue weighted by Crippen LogP contribution is 2.12. The van der Waals surface area contributed by atoms with Gasteiger partial charge in [0.1, 0.15) is 5.75 Å². The number of methoxy groups -OCH3 is 1. The molecule has 0 saturated carbocycles. The molecule has 106 valence electrons. The average Bonchev–Trinajstić information content (AvgIpc) is 2.46. The van der Waals surface area contributed by atoms with Crippen LogP contribution in [0.3, 0.4) is 0 Å². The number of rotatable bonds is 6. The zero-order valence-electron chi connectivity index (χ0n) is 11.9. The second-order valence-electron chi connectivity index (χ2n) is 4.95. The third-order valence-electron chi connectivity index (χ3n) is 3.53. The van der Waals surface area contributed by atoms with E-state index in [0.717, 1.165) is 45.0 Å². The fourth-order valence-electron chi connectivity index (χ4n) is 2.41. The molecule has 0 aromatic heterocycles. The van der Waals surface area contributed by atoms with E-state index in [0.29, 0.717) is 6.10 Å². The summed E-state index contributed by atoms with van der Waals surface area (Å²) in [5, 5.41) is 3.18. The highest BCUT2D eigenvalue weighted by atomic mass is 16.5. The Kier molecular flexibility index (Phi) is 5.63. The Bertz CT molecular complexity index is 365. The summed E-state index contributed by atoms with van der Waals surface area (Å²) >= 11 is 0. The second-order valence-corrected chi connectivity index (χ2v) is 4.95. The van der Waals surface area contributed by atoms with E-state index in [2.05, 4.69) is 22.3 Å². The van der Waals surface area contributed by atoms with Gasteiger partial charge in [0.25, 0.3) is 0 Å². The Morgan fingerprint density at radius 1 is 1.37 bits per heavy atom. The molecule has 4 nitrogen and oxygen atoms in total. The maximum Gasteiger partial charge on any atom is 0.118 e. The molecular weight excluding hydrogens is 240 g/mol. The van der Waals surface area contributed by atoms with Crippen molar-refractivity contribution in [2.24, 2.45) is 0 Å². The number of hydrogen-bond donors (Lipinski definition) is 1. The molecule has 1 atom stereocenters. The monoisotopic (exact) mass is 264 g/mol. The summed E-state index contributed by atoms with van der Waals surface area (Å²) < 4.78 is 10.9. The summed E-state index contributed by atoms with van der Waals surface area (Å²) in [5.41, 5.74) is 1.36. The number of benzene rings is 1. The van der Waals surface area contributed by atoms with Crippen LogP contribution in [-0.2, 0) is 11.2 Å². The molecule has 1 fully saturated rings. The van der Waals surface area contributed by atoms with Crippen LogP contribution in [0.5, 0.6) is 5.75 Å². The number of nitrogens with one attached hydrogen (secondary N) is 1. The van der Waals surface area contributed by atoms with Gasteiger partial charge in [-0.1, -0.05) is 12.1 Å². The Morgan fingerprint density at radius 2 is 2.16 bits per heavy atom. The highest BCUT2D eigenvalue weighted by Gasteiger charge is 2.19. The van der Waals surface area contributed by atoms with Crippen LogP contribution in [-0.4, -0.2) is 57.9 Å². The van der Waals surface area contributed by atoms with Crippen LogP contribution < -0.4 is 10.1 Å². The average molecular weight is 264 g/mol. The van der Waals surface area contributed by atoms with E-state index >= 15 is 0 Å². The van der Waals surface area contributed by atoms with Crippen molar-refractivity contribution in [3.05, 3.63) is 29.8 Å². The minimum Gasteiger partial charge on any atom is -0.497 e. The standard InChI is InChI=1S/C15H24N2O2/c1-16-11-15-12-17(9-10-19-15)8-7-13-3-5-14(18-2)6-4-13/h3-6,15-16H,7-12H2,1-2H3. The minimum absolute atomic E-state index is 0.328. The molecule has 0 radical (unpaired) electrons. The van der Waals surface area contributed by atoms with Crippen LogP contribution >= 0.6 is 0 Å². The lowest BCUT2D eigenvalue weighted by Crippen LogP contribution is -2.46. The van der Waals surface area contributed by atoms with E-state index in [1.54, 1.807) is 7.11 Å². The maximum absolute atomic E-state index is 5.71. The molecule has 4 heteroatoms. The molecule has 1 heterocycles. The summed E-state index contributed by atoms with van der Waals surface area (Å²) in [4.78, 5) is 2.48. The lowest BCUT2D eigenvalue weighted by molar-refractivity contribution is -0.0258. The predicted octanol–water partition coefficient (Wildman–Crippen LogP) is 1.16. The van der Waals surface area contributed by atoms with Crippen molar-refractivity contribution in [2.75, 3.05) is 46.9 Å². The number of hydrogen-bond acceptors (Lipinski definition) is 4. The Morgan fingerprint density at radius 3 is 2.84 bits per heavy atom. The summed E-state index contributed by atoms with van der Waals surface area (Å²) in [6.45, 7) is 4.93. The maximum atomic E-state index is 5.71. The molecule has 1 aliphatic heterocycles. The quantitative estimate of drug-likeness (QED) is 0.836. The Balaban J connectivity index is 1.77. The summed E-state index contributed by atoms with van der Waals surface area (Å²) in [5.74, 6) is 0.921. The van der Waals surface area contributed by atoms with Gasteiger partial charge in [0.15, 0.2) is 0 Å². The summed E-state index contributed by atoms with van der Waals surface area (Å²) in [7, 11) is 3.67. The Labute approximate surface area is 115 Å². The molecule has 0 spiro atoms. The molecule has 19 heavy (non-hydrogen) atoms. The van der Waals surface area contributed by atoms with E-state index in [1.165, 1.54) is 5.56 Å². The molecule has 1 aliphatic rings. The fraction of sp³-hybridized carbons (Fsp3) is 0.600. The van der Waals surface area contributed by atoms with Gasteiger partial charge < -0.3 is 14.8 Å². The van der Waals surface area contributed by atoms with Crippen molar-refractivity contribution in [3.8, 4) is 5.75 Å². The number of likely N-dealkylation sites (N-methyl/N-ethyl adjacent to an activating group) is 1. The third kappa shape index (κ3) is 4.49. The van der Waals surface area contributed by atoms with Gasteiger partial charge in [-0.25, -0.2) is 0 Å². The molecule has 1 N–H and O–H groups in total. The van der Waals surface area contributed by atoms with Gasteiger partial charge in [-0.2, -0.15) is 0 Å². The second kappa shape index (κ2) is 7.48. The predicted molar refractivity (Wildman–Crippen MR) is 76.8 cm³/mol. The van der Waals surface area contributed by atoms with Gasteiger partial charge in [-0.3, -0.25) is 4.90 Å². The minimum atomic E-state index is 0.328. The first-order valence-electron chi connectivity index (χ1n) is 6.93. The molecule has 2 rings (SSSR count). The largest absolute Gasteiger partial charge is 0.497 e. The van der Waals surface area contributed by atoms with Crippen LogP contribution in [0.2, 0.25) is 0 Å². The van der Waals surface area contributed by atoms with Crippen molar-refractivity contribution >= 4 is 0 Å². The van der Waals surface area contributed by atoms with Crippen LogP contribution in [0.15, 0.2) is 24.3 Å². The van der Waals surface area contributed by atoms with Gasteiger partial charge >= 0.3 is 0 Å². The van der Waals surface area contributed by atoms with Gasteiger partial charge in [-0.05, 0) is 31.2 Å². The van der Waals surface area contributed by atoms with E-state index in [9.17, 15) is 0 Å². The lowest BCUT2D eigenvalue weighted by atomic mass is 10.1. The molecular formula is C15H24N2O2. The number of nitrogens with zero attached hydrogens (tertiary/aromatic N) is 1. The van der Waals surface area contributed by atoms with Crippen molar-refractivity contribution in [3.63, 3.8) is 0 Å². The van der Waals surface area contributed by atoms with E-state index in [1.807, 2.05) is 19.2 Å². The van der Waals surface area contributed by atoms with Gasteiger partial charge in [0, 0.05) is 26.2 Å². The smallest absolute Gasteiger partial charge is 0.118 e. The molecule has 0 aliphatic carbocycles. The molecule has 1 aromatic carbocycles. The van der Waals surface area contributed by atoms with Crippen molar-refractivity contribution < 1.29 is 9.47 Å². The van der Waals surface area contributed by atoms with E-state index < -0.39 is 0 Å². The SMILES string of the molecule is CNCC1CN(CCc2ccc(OC)cc2)CCO1. The molecule has 0 bridgehead atoms. The van der Waals surface area contributed by atoms with Gasteiger partial charge in [-0.15, -0.1) is 0 Å². The van der Waals surface area contributed by atoms with Crippen molar-refractivity contribution in [2.45, 2.75) is 12.5 Å². The Hall–Kier alpha value is -1.10. The highest BCUT2D eigenvalue weighted by molar-refractivity contribution is 5.27. The molecule has 1 aromatic rings. The lowest BCUT2D eigenvalue weighted by Gasteiger charge is -2.32. The first kappa shape index (κ1) is 14.3. The van der Waals surface area contributed by atoms with Gasteiger partial charge in [0.2, 0.25) is 0 Å². The number of ether oxygens (including phenoxy) is 2. The first-order chi connectivity index (χ1) is 9.31. The van der Waals surface area contributed by atoms with Crippen LogP contribution in [0.25, 0.3) is 0 Å². The van der Waals surface area contributed by atoms with Crippen LogP contribution in [0, 0.1) is 0 Å². The zero-order valence-corrected chi connectivity index (χ0v) is 11.9. The van der Waals surface area contributed by atoms with Crippen LogP contribution in [0.4, 0.5) is 0 Å². The topological polar surface area (TPSA) is 33.7 Å². The zero-order chi connectivity index (χ0) is 13.5. The normalized spacial score (nSPS) is 20.4.